The monoisotopic (exact) mass is 761 g/mol. The fourth-order valence-corrected chi connectivity index (χ4v) is 4.84. The van der Waals surface area contributed by atoms with E-state index in [0.29, 0.717) is 38.5 Å². The smallest absolute Gasteiger partial charge is 0.312 e. The molecule has 2 atom stereocenters. The first-order valence-electron chi connectivity index (χ1n) is 18.0. The molecule has 1 aliphatic heterocycles. The first kappa shape index (κ1) is 45.2. The van der Waals surface area contributed by atoms with Crippen LogP contribution in [0.1, 0.15) is 45.1 Å². The number of nitrogens with zero attached hydrogens (tertiary/aromatic N) is 1. The van der Waals surface area contributed by atoms with Crippen LogP contribution in [0.25, 0.3) is 0 Å². The third-order valence-corrected chi connectivity index (χ3v) is 7.81. The highest BCUT2D eigenvalue weighted by Crippen LogP contribution is 2.11. The van der Waals surface area contributed by atoms with Gasteiger partial charge in [0.2, 0.25) is 23.6 Å². The molecule has 0 saturated heterocycles. The number of urea groups is 1. The highest BCUT2D eigenvalue weighted by Gasteiger charge is 2.29. The van der Waals surface area contributed by atoms with E-state index in [0.717, 1.165) is 10.5 Å². The van der Waals surface area contributed by atoms with Gasteiger partial charge < -0.3 is 51.3 Å². The highest BCUT2D eigenvalue weighted by atomic mass is 16.6. The third kappa shape index (κ3) is 19.2. The van der Waals surface area contributed by atoms with E-state index in [4.69, 9.17) is 24.7 Å². The maximum Gasteiger partial charge on any atom is 0.312 e. The summed E-state index contributed by atoms with van der Waals surface area (Å²) in [6.45, 7) is 8.27. The van der Waals surface area contributed by atoms with Gasteiger partial charge in [-0.05, 0) is 37.8 Å². The summed E-state index contributed by atoms with van der Waals surface area (Å²) in [5.74, 6) is -2.75. The lowest BCUT2D eigenvalue weighted by Crippen LogP contribution is -2.54. The number of ether oxygens (including phenoxy) is 4. The molecule has 1 aliphatic rings. The maximum atomic E-state index is 13.3. The summed E-state index contributed by atoms with van der Waals surface area (Å²) < 4.78 is 21.8. The molecule has 54 heavy (non-hydrogen) atoms. The van der Waals surface area contributed by atoms with Gasteiger partial charge in [0, 0.05) is 50.3 Å². The zero-order valence-corrected chi connectivity index (χ0v) is 31.3. The zero-order chi connectivity index (χ0) is 39.7. The van der Waals surface area contributed by atoms with E-state index in [2.05, 4.69) is 26.6 Å². The molecule has 18 heteroatoms. The van der Waals surface area contributed by atoms with E-state index in [-0.39, 0.29) is 83.1 Å². The number of nitrogens with two attached hydrogens (primary N) is 1. The number of hydrogen-bond donors (Lipinski definition) is 6. The van der Waals surface area contributed by atoms with Crippen LogP contribution in [0.15, 0.2) is 36.4 Å². The molecule has 1 heterocycles. The molecular weight excluding hydrogens is 706 g/mol. The van der Waals surface area contributed by atoms with Crippen LogP contribution in [-0.4, -0.2) is 131 Å². The molecule has 0 bridgehead atoms. The molecule has 7 N–H and O–H groups in total. The number of benzene rings is 1. The molecule has 0 aromatic heterocycles. The first-order chi connectivity index (χ1) is 25.9. The number of anilines is 1. The Bertz CT molecular complexity index is 1390. The second-order valence-corrected chi connectivity index (χ2v) is 12.6. The average Bonchev–Trinajstić information content (AvgIpc) is 3.45. The number of rotatable bonds is 28. The van der Waals surface area contributed by atoms with Crippen molar-refractivity contribution in [1.82, 2.24) is 26.2 Å². The van der Waals surface area contributed by atoms with Crippen molar-refractivity contribution < 1.29 is 52.5 Å². The second-order valence-electron chi connectivity index (χ2n) is 12.6. The van der Waals surface area contributed by atoms with Crippen LogP contribution in [0.5, 0.6) is 0 Å². The number of carbonyl (C=O) groups is 7. The van der Waals surface area contributed by atoms with Crippen LogP contribution in [0, 0.1) is 12.8 Å². The fraction of sp³-hybridized carbons (Fsp3) is 0.583. The van der Waals surface area contributed by atoms with Crippen LogP contribution in [0.4, 0.5) is 10.5 Å². The molecule has 18 nitrogen and oxygen atoms in total. The van der Waals surface area contributed by atoms with E-state index in [9.17, 15) is 33.6 Å². The van der Waals surface area contributed by atoms with Gasteiger partial charge in [-0.25, -0.2) is 4.79 Å². The van der Waals surface area contributed by atoms with Crippen LogP contribution in [-0.2, 0) is 47.7 Å². The summed E-state index contributed by atoms with van der Waals surface area (Å²) in [6.07, 6.45) is 2.97. The lowest BCUT2D eigenvalue weighted by atomic mass is 10.0. The molecule has 0 radical (unpaired) electrons. The van der Waals surface area contributed by atoms with Crippen molar-refractivity contribution >= 4 is 47.2 Å². The molecule has 0 spiro atoms. The molecule has 2 rings (SSSR count). The summed E-state index contributed by atoms with van der Waals surface area (Å²) in [5, 5.41) is 13.4. The van der Waals surface area contributed by atoms with Crippen molar-refractivity contribution in [2.24, 2.45) is 11.7 Å². The van der Waals surface area contributed by atoms with Gasteiger partial charge in [-0.3, -0.25) is 33.7 Å². The van der Waals surface area contributed by atoms with Crippen molar-refractivity contribution in [3.8, 4) is 0 Å². The van der Waals surface area contributed by atoms with Gasteiger partial charge in [-0.1, -0.05) is 31.5 Å². The Balaban J connectivity index is 1.55. The van der Waals surface area contributed by atoms with Gasteiger partial charge in [0.25, 0.3) is 11.8 Å². The number of hydrogen-bond acceptors (Lipinski definition) is 11. The number of nitrogens with one attached hydrogen (secondary N) is 5. The molecule has 1 aromatic rings. The van der Waals surface area contributed by atoms with Gasteiger partial charge in [0.05, 0.1) is 52.9 Å². The van der Waals surface area contributed by atoms with Gasteiger partial charge >= 0.3 is 6.03 Å². The normalized spacial score (nSPS) is 13.4. The number of aryl methyl sites for hydroxylation is 1. The number of imide groups is 1. The summed E-state index contributed by atoms with van der Waals surface area (Å²) >= 11 is 0. The maximum absolute atomic E-state index is 13.3. The predicted octanol–water partition coefficient (Wildman–Crippen LogP) is -0.105. The van der Waals surface area contributed by atoms with E-state index in [1.165, 1.54) is 12.2 Å². The number of carbonyl (C=O) groups excluding carboxylic acids is 7. The van der Waals surface area contributed by atoms with E-state index in [1.54, 1.807) is 26.0 Å². The highest BCUT2D eigenvalue weighted by molar-refractivity contribution is 6.13. The van der Waals surface area contributed by atoms with E-state index >= 15 is 0 Å². The van der Waals surface area contributed by atoms with Crippen molar-refractivity contribution in [2.75, 3.05) is 77.8 Å². The third-order valence-electron chi connectivity index (χ3n) is 7.81. The van der Waals surface area contributed by atoms with Crippen LogP contribution < -0.4 is 32.3 Å². The quantitative estimate of drug-likeness (QED) is 0.0486. The molecular formula is C36H55N7O11. The van der Waals surface area contributed by atoms with Gasteiger partial charge in [-0.15, -0.1) is 0 Å². The Morgan fingerprint density at radius 3 is 1.85 bits per heavy atom. The van der Waals surface area contributed by atoms with E-state index < -0.39 is 41.7 Å². The average molecular weight is 762 g/mol. The zero-order valence-electron chi connectivity index (χ0n) is 31.3. The molecule has 8 amide bonds. The van der Waals surface area contributed by atoms with Gasteiger partial charge in [-0.2, -0.15) is 0 Å². The molecule has 0 saturated carbocycles. The van der Waals surface area contributed by atoms with Crippen molar-refractivity contribution in [3.63, 3.8) is 0 Å². The minimum absolute atomic E-state index is 0.0117. The van der Waals surface area contributed by atoms with Gasteiger partial charge in [0.15, 0.2) is 0 Å². The summed E-state index contributed by atoms with van der Waals surface area (Å²) in [6, 6.07) is 4.69. The minimum atomic E-state index is -0.931. The number of primary amides is 1. The van der Waals surface area contributed by atoms with Crippen LogP contribution in [0.3, 0.4) is 0 Å². The minimum Gasteiger partial charge on any atom is -0.379 e. The standard InChI is InChI=1S/C36H55N7O11/c1-25(2)33(35(49)41-28(5-4-14-39-36(37)50)34(48)40-27-8-6-26(3)7-9-27)42-30(45)13-17-51-19-21-53-23-24-54-22-20-52-18-15-38-29(44)12-16-43-31(46)10-11-32(43)47/h6-11,25,28,33H,4-5,12-24H2,1-3H3,(H,38,44)(H,40,48)(H,41,49)(H,42,45)(H3,37,39,50)/t28-,33-/m0/s1. The molecule has 300 valence electrons. The van der Waals surface area contributed by atoms with Gasteiger partial charge in [0.1, 0.15) is 12.1 Å². The van der Waals surface area contributed by atoms with Crippen molar-refractivity contribution in [3.05, 3.63) is 42.0 Å². The largest absolute Gasteiger partial charge is 0.379 e. The lowest BCUT2D eigenvalue weighted by Gasteiger charge is -2.25. The summed E-state index contributed by atoms with van der Waals surface area (Å²) in [7, 11) is 0. The second kappa shape index (κ2) is 26.0. The SMILES string of the molecule is Cc1ccc(NC(=O)[C@H](CCCNC(N)=O)NC(=O)[C@@H](NC(=O)CCOCCOCCOCCOCCNC(=O)CCN2C(=O)C=CC2=O)C(C)C)cc1. The van der Waals surface area contributed by atoms with Crippen LogP contribution >= 0.6 is 0 Å². The Morgan fingerprint density at radius 2 is 1.28 bits per heavy atom. The Labute approximate surface area is 315 Å². The van der Waals surface area contributed by atoms with Crippen molar-refractivity contribution in [2.45, 2.75) is 58.5 Å². The molecule has 0 fully saturated rings. The predicted molar refractivity (Wildman–Crippen MR) is 197 cm³/mol. The lowest BCUT2D eigenvalue weighted by molar-refractivity contribution is -0.137. The van der Waals surface area contributed by atoms with Crippen molar-refractivity contribution in [1.29, 1.82) is 0 Å². The number of amides is 8. The Hall–Kier alpha value is -4.91. The van der Waals surface area contributed by atoms with Crippen LogP contribution in [0.2, 0.25) is 0 Å². The summed E-state index contributed by atoms with van der Waals surface area (Å²) in [5.41, 5.74) is 6.72. The molecule has 0 aliphatic carbocycles. The topological polar surface area (TPSA) is 246 Å². The fourth-order valence-electron chi connectivity index (χ4n) is 4.84. The molecule has 1 aromatic carbocycles. The first-order valence-corrected chi connectivity index (χ1v) is 18.0. The Kier molecular flexibility index (Phi) is 21.8. The Morgan fingerprint density at radius 1 is 0.704 bits per heavy atom. The van der Waals surface area contributed by atoms with E-state index in [1.807, 2.05) is 19.1 Å². The summed E-state index contributed by atoms with van der Waals surface area (Å²) in [4.78, 5) is 85.9. The molecule has 0 unspecified atom stereocenters.